The van der Waals surface area contributed by atoms with Gasteiger partial charge in [0.15, 0.2) is 0 Å². The van der Waals surface area contributed by atoms with E-state index in [9.17, 15) is 0 Å². The van der Waals surface area contributed by atoms with Crippen LogP contribution in [-0.2, 0) is 0 Å². The largest absolute Gasteiger partial charge is 0.309 e. The molecule has 116 valence electrons. The maximum atomic E-state index is 3.95. The molecule has 1 N–H and O–H groups in total. The average molecular weight is 304 g/mol. The van der Waals surface area contributed by atoms with Gasteiger partial charge in [-0.25, -0.2) is 0 Å². The maximum absolute atomic E-state index is 3.95. The van der Waals surface area contributed by atoms with Crippen molar-refractivity contribution in [1.29, 1.82) is 0 Å². The zero-order chi connectivity index (χ0) is 14.7. The molecule has 2 aliphatic rings. The first-order chi connectivity index (χ1) is 10.2. The van der Waals surface area contributed by atoms with Crippen molar-refractivity contribution in [2.75, 3.05) is 12.3 Å². The molecule has 0 saturated heterocycles. The minimum atomic E-state index is 0.576. The summed E-state index contributed by atoms with van der Waals surface area (Å²) >= 11 is 2.02. The maximum Gasteiger partial charge on any atom is 0.0339 e. The highest BCUT2D eigenvalue weighted by Crippen LogP contribution is 2.44. The van der Waals surface area contributed by atoms with Crippen molar-refractivity contribution in [1.82, 2.24) is 5.32 Å². The number of nitrogens with one attached hydrogen (secondary N) is 1. The van der Waals surface area contributed by atoms with Crippen LogP contribution in [0.25, 0.3) is 0 Å². The second-order valence-electron chi connectivity index (χ2n) is 7.41. The Labute approximate surface area is 134 Å². The fourth-order valence-electron chi connectivity index (χ4n) is 4.34. The highest BCUT2D eigenvalue weighted by atomic mass is 32.2. The van der Waals surface area contributed by atoms with Crippen molar-refractivity contribution in [3.05, 3.63) is 29.8 Å². The molecule has 0 aromatic heterocycles. The monoisotopic (exact) mass is 303 g/mol. The number of thioether (sulfide) groups is 1. The second kappa shape index (κ2) is 6.75. The summed E-state index contributed by atoms with van der Waals surface area (Å²) in [4.78, 5) is 1.49. The molecule has 1 aliphatic carbocycles. The summed E-state index contributed by atoms with van der Waals surface area (Å²) in [6.45, 7) is 5.98. The number of benzene rings is 1. The van der Waals surface area contributed by atoms with Crippen LogP contribution in [0, 0.1) is 11.3 Å². The van der Waals surface area contributed by atoms with Gasteiger partial charge in [-0.3, -0.25) is 0 Å². The van der Waals surface area contributed by atoms with Crippen molar-refractivity contribution in [3.63, 3.8) is 0 Å². The van der Waals surface area contributed by atoms with Crippen molar-refractivity contribution in [2.45, 2.75) is 63.3 Å². The van der Waals surface area contributed by atoms with Gasteiger partial charge in [0.2, 0.25) is 0 Å². The summed E-state index contributed by atoms with van der Waals surface area (Å²) in [5, 5.41) is 3.95. The van der Waals surface area contributed by atoms with Crippen molar-refractivity contribution in [3.8, 4) is 0 Å². The lowest BCUT2D eigenvalue weighted by atomic mass is 9.78. The number of fused-ring (bicyclic) bond motifs is 1. The van der Waals surface area contributed by atoms with Crippen LogP contribution in [0.3, 0.4) is 0 Å². The molecule has 1 fully saturated rings. The van der Waals surface area contributed by atoms with Crippen LogP contribution in [0.4, 0.5) is 0 Å². The second-order valence-corrected chi connectivity index (χ2v) is 8.55. The van der Waals surface area contributed by atoms with E-state index in [2.05, 4.69) is 43.4 Å². The van der Waals surface area contributed by atoms with E-state index in [1.807, 2.05) is 11.8 Å². The van der Waals surface area contributed by atoms with Gasteiger partial charge in [0.25, 0.3) is 0 Å². The summed E-state index contributed by atoms with van der Waals surface area (Å²) in [6.07, 6.45) is 8.40. The quantitative estimate of drug-likeness (QED) is 0.779. The summed E-state index contributed by atoms with van der Waals surface area (Å²) in [7, 11) is 0. The van der Waals surface area contributed by atoms with Gasteiger partial charge >= 0.3 is 0 Å². The highest BCUT2D eigenvalue weighted by Gasteiger charge is 2.35. The van der Waals surface area contributed by atoms with E-state index < -0.39 is 0 Å². The molecule has 1 nitrogen and oxygen atoms in total. The van der Waals surface area contributed by atoms with E-state index in [1.54, 1.807) is 0 Å². The van der Waals surface area contributed by atoms with E-state index in [4.69, 9.17) is 0 Å². The van der Waals surface area contributed by atoms with Gasteiger partial charge < -0.3 is 5.32 Å². The summed E-state index contributed by atoms with van der Waals surface area (Å²) in [6, 6.07) is 9.55. The Morgan fingerprint density at radius 2 is 2.00 bits per heavy atom. The van der Waals surface area contributed by atoms with Crippen LogP contribution in [-0.4, -0.2) is 12.3 Å². The minimum absolute atomic E-state index is 0.576. The van der Waals surface area contributed by atoms with Crippen LogP contribution in [0.2, 0.25) is 0 Å². The van der Waals surface area contributed by atoms with Crippen LogP contribution >= 0.6 is 11.8 Å². The normalized spacial score (nSPS) is 24.2. The summed E-state index contributed by atoms with van der Waals surface area (Å²) in [5.41, 5.74) is 2.11. The SMILES string of the molecule is CC(C)CC1(CNC2CCSc3ccccc32)CCCC1. The first-order valence-electron chi connectivity index (χ1n) is 8.64. The topological polar surface area (TPSA) is 12.0 Å². The van der Waals surface area contributed by atoms with Gasteiger partial charge in [-0.1, -0.05) is 44.9 Å². The van der Waals surface area contributed by atoms with E-state index in [0.717, 1.165) is 5.92 Å². The molecule has 21 heavy (non-hydrogen) atoms. The molecule has 1 aromatic carbocycles. The van der Waals surface area contributed by atoms with E-state index in [1.165, 1.54) is 61.3 Å². The van der Waals surface area contributed by atoms with Gasteiger partial charge in [-0.15, -0.1) is 11.8 Å². The van der Waals surface area contributed by atoms with Crippen LogP contribution in [0.5, 0.6) is 0 Å². The molecule has 1 heterocycles. The Morgan fingerprint density at radius 3 is 2.76 bits per heavy atom. The molecule has 2 heteroatoms. The Balaban J connectivity index is 1.67. The zero-order valence-corrected chi connectivity index (χ0v) is 14.3. The fraction of sp³-hybridized carbons (Fsp3) is 0.684. The standard InChI is InChI=1S/C19H29NS/c1-15(2)13-19(10-5-6-11-19)14-20-17-9-12-21-18-8-4-3-7-16(17)18/h3-4,7-8,15,17,20H,5-6,9-14H2,1-2H3. The molecule has 0 radical (unpaired) electrons. The predicted octanol–water partition coefficient (Wildman–Crippen LogP) is 5.42. The van der Waals surface area contributed by atoms with Crippen LogP contribution < -0.4 is 5.32 Å². The van der Waals surface area contributed by atoms with E-state index >= 15 is 0 Å². The van der Waals surface area contributed by atoms with Crippen LogP contribution in [0.15, 0.2) is 29.2 Å². The highest BCUT2D eigenvalue weighted by molar-refractivity contribution is 7.99. The van der Waals surface area contributed by atoms with E-state index in [0.29, 0.717) is 11.5 Å². The molecule has 1 saturated carbocycles. The lowest BCUT2D eigenvalue weighted by Crippen LogP contribution is -2.36. The smallest absolute Gasteiger partial charge is 0.0339 e. The third-order valence-electron chi connectivity index (χ3n) is 5.19. The Bertz CT molecular complexity index is 462. The van der Waals surface area contributed by atoms with Gasteiger partial charge in [0.05, 0.1) is 0 Å². The third-order valence-corrected chi connectivity index (χ3v) is 6.31. The van der Waals surface area contributed by atoms with Crippen molar-refractivity contribution < 1.29 is 0 Å². The molecule has 0 bridgehead atoms. The van der Waals surface area contributed by atoms with E-state index in [-0.39, 0.29) is 0 Å². The fourth-order valence-corrected chi connectivity index (χ4v) is 5.46. The minimum Gasteiger partial charge on any atom is -0.309 e. The van der Waals surface area contributed by atoms with Gasteiger partial charge in [-0.2, -0.15) is 0 Å². The van der Waals surface area contributed by atoms with Crippen molar-refractivity contribution >= 4 is 11.8 Å². The predicted molar refractivity (Wildman–Crippen MR) is 92.9 cm³/mol. The Kier molecular flexibility index (Phi) is 4.96. The average Bonchev–Trinajstić information content (AvgIpc) is 2.93. The molecular formula is C19H29NS. The third kappa shape index (κ3) is 3.65. The molecule has 0 amide bonds. The first kappa shape index (κ1) is 15.4. The van der Waals surface area contributed by atoms with Gasteiger partial charge in [0, 0.05) is 17.5 Å². The molecular weight excluding hydrogens is 274 g/mol. The number of hydrogen-bond acceptors (Lipinski definition) is 2. The summed E-state index contributed by atoms with van der Waals surface area (Å²) in [5.74, 6) is 2.07. The zero-order valence-electron chi connectivity index (χ0n) is 13.5. The lowest BCUT2D eigenvalue weighted by Gasteiger charge is -2.35. The van der Waals surface area contributed by atoms with Crippen molar-refractivity contribution in [2.24, 2.45) is 11.3 Å². The molecule has 1 unspecified atom stereocenters. The molecule has 1 aromatic rings. The van der Waals surface area contributed by atoms with Gasteiger partial charge in [-0.05, 0) is 54.4 Å². The van der Waals surface area contributed by atoms with Crippen LogP contribution in [0.1, 0.15) is 64.0 Å². The molecule has 1 aliphatic heterocycles. The summed E-state index contributed by atoms with van der Waals surface area (Å²) < 4.78 is 0. The number of rotatable bonds is 5. The molecule has 1 atom stereocenters. The van der Waals surface area contributed by atoms with Gasteiger partial charge in [0.1, 0.15) is 0 Å². The molecule has 3 rings (SSSR count). The lowest BCUT2D eigenvalue weighted by molar-refractivity contribution is 0.213. The number of hydrogen-bond donors (Lipinski definition) is 1. The first-order valence-corrected chi connectivity index (χ1v) is 9.62. The Hall–Kier alpha value is -0.470. The molecule has 0 spiro atoms. The Morgan fingerprint density at radius 1 is 1.24 bits per heavy atom.